The number of H-pyrrole nitrogens is 1. The van der Waals surface area contributed by atoms with Crippen molar-refractivity contribution in [1.29, 1.82) is 0 Å². The predicted molar refractivity (Wildman–Crippen MR) is 83.4 cm³/mol. The van der Waals surface area contributed by atoms with Crippen molar-refractivity contribution < 1.29 is 4.74 Å². The van der Waals surface area contributed by atoms with Crippen molar-refractivity contribution >= 4 is 33.4 Å². The Morgan fingerprint density at radius 3 is 2.80 bits per heavy atom. The van der Waals surface area contributed by atoms with Crippen molar-refractivity contribution in [2.24, 2.45) is 0 Å². The summed E-state index contributed by atoms with van der Waals surface area (Å²) in [7, 11) is 0. The number of aromatic amines is 1. The summed E-state index contributed by atoms with van der Waals surface area (Å²) in [5, 5.41) is 2.43. The second-order valence-electron chi connectivity index (χ2n) is 5.43. The van der Waals surface area contributed by atoms with Crippen molar-refractivity contribution in [1.82, 2.24) is 4.98 Å². The molecule has 2 aromatic carbocycles. The predicted octanol–water partition coefficient (Wildman–Crippen LogP) is 4.78. The average molecular weight is 286 g/mol. The number of aromatic nitrogens is 1. The SMILES string of the molecule is ClC(c1ccc2[nH]c3ccccc3c2c1)C1CCCO1. The van der Waals surface area contributed by atoms with E-state index in [4.69, 9.17) is 16.3 Å². The molecule has 4 rings (SSSR count). The highest BCUT2D eigenvalue weighted by atomic mass is 35.5. The van der Waals surface area contributed by atoms with Gasteiger partial charge in [-0.25, -0.2) is 0 Å². The van der Waals surface area contributed by atoms with Crippen LogP contribution in [0.5, 0.6) is 0 Å². The molecule has 0 bridgehead atoms. The highest BCUT2D eigenvalue weighted by Gasteiger charge is 2.25. The summed E-state index contributed by atoms with van der Waals surface area (Å²) >= 11 is 6.60. The van der Waals surface area contributed by atoms with E-state index in [-0.39, 0.29) is 11.5 Å². The van der Waals surface area contributed by atoms with Crippen LogP contribution in [0.15, 0.2) is 42.5 Å². The van der Waals surface area contributed by atoms with Crippen LogP contribution in [0.3, 0.4) is 0 Å². The first kappa shape index (κ1) is 12.2. The molecule has 102 valence electrons. The van der Waals surface area contributed by atoms with E-state index >= 15 is 0 Å². The van der Waals surface area contributed by atoms with Crippen LogP contribution < -0.4 is 0 Å². The molecule has 0 radical (unpaired) electrons. The summed E-state index contributed by atoms with van der Waals surface area (Å²) in [6.45, 7) is 0.837. The van der Waals surface area contributed by atoms with Crippen LogP contribution in [0.4, 0.5) is 0 Å². The molecule has 0 aliphatic carbocycles. The lowest BCUT2D eigenvalue weighted by atomic mass is 10.0. The Labute approximate surface area is 122 Å². The minimum Gasteiger partial charge on any atom is -0.376 e. The van der Waals surface area contributed by atoms with Gasteiger partial charge in [0.25, 0.3) is 0 Å². The molecule has 0 saturated carbocycles. The van der Waals surface area contributed by atoms with Crippen molar-refractivity contribution in [3.8, 4) is 0 Å². The van der Waals surface area contributed by atoms with Crippen LogP contribution in [0, 0.1) is 0 Å². The van der Waals surface area contributed by atoms with Gasteiger partial charge >= 0.3 is 0 Å². The Kier molecular flexibility index (Phi) is 2.94. The van der Waals surface area contributed by atoms with Crippen LogP contribution in [-0.2, 0) is 4.74 Å². The molecule has 0 amide bonds. The lowest BCUT2D eigenvalue weighted by molar-refractivity contribution is 0.107. The van der Waals surface area contributed by atoms with Crippen LogP contribution in [0.25, 0.3) is 21.8 Å². The van der Waals surface area contributed by atoms with Crippen LogP contribution in [0.2, 0.25) is 0 Å². The third kappa shape index (κ3) is 1.91. The second kappa shape index (κ2) is 4.80. The number of benzene rings is 2. The molecule has 1 N–H and O–H groups in total. The Hall–Kier alpha value is -1.51. The molecule has 20 heavy (non-hydrogen) atoms. The van der Waals surface area contributed by atoms with Gasteiger partial charge in [0.1, 0.15) is 0 Å². The van der Waals surface area contributed by atoms with Gasteiger partial charge in [-0.05, 0) is 36.6 Å². The fraction of sp³-hybridized carbons (Fsp3) is 0.294. The maximum absolute atomic E-state index is 6.60. The Morgan fingerprint density at radius 1 is 1.10 bits per heavy atom. The topological polar surface area (TPSA) is 25.0 Å². The Balaban J connectivity index is 1.82. The summed E-state index contributed by atoms with van der Waals surface area (Å²) in [6, 6.07) is 14.8. The van der Waals surface area contributed by atoms with Crippen LogP contribution in [-0.4, -0.2) is 17.7 Å². The van der Waals surface area contributed by atoms with Gasteiger partial charge in [-0.2, -0.15) is 0 Å². The molecule has 1 fully saturated rings. The molecular weight excluding hydrogens is 270 g/mol. The van der Waals surface area contributed by atoms with Gasteiger partial charge in [0, 0.05) is 28.4 Å². The molecule has 1 aliphatic rings. The summed E-state index contributed by atoms with van der Waals surface area (Å²) in [6.07, 6.45) is 2.32. The van der Waals surface area contributed by atoms with Gasteiger partial charge in [-0.15, -0.1) is 11.6 Å². The summed E-state index contributed by atoms with van der Waals surface area (Å²) in [5.74, 6) is 0. The van der Waals surface area contributed by atoms with E-state index in [1.54, 1.807) is 0 Å². The standard InChI is InChI=1S/C17H16ClNO/c18-17(16-6-3-9-20-16)11-7-8-15-13(10-11)12-4-1-2-5-14(12)19-15/h1-2,4-5,7-8,10,16-17,19H,3,6,9H2. The summed E-state index contributed by atoms with van der Waals surface area (Å²) in [4.78, 5) is 3.44. The van der Waals surface area contributed by atoms with Gasteiger partial charge in [-0.3, -0.25) is 0 Å². The molecular formula is C17H16ClNO. The van der Waals surface area contributed by atoms with Crippen molar-refractivity contribution in [2.75, 3.05) is 6.61 Å². The van der Waals surface area contributed by atoms with E-state index in [9.17, 15) is 0 Å². The third-order valence-corrected chi connectivity index (χ3v) is 4.67. The first-order valence-electron chi connectivity index (χ1n) is 7.09. The van der Waals surface area contributed by atoms with E-state index in [0.29, 0.717) is 0 Å². The minimum absolute atomic E-state index is 0.0597. The smallest absolute Gasteiger partial charge is 0.0847 e. The van der Waals surface area contributed by atoms with Gasteiger partial charge in [0.05, 0.1) is 11.5 Å². The molecule has 3 aromatic rings. The van der Waals surface area contributed by atoms with Crippen LogP contribution >= 0.6 is 11.6 Å². The van der Waals surface area contributed by atoms with Crippen molar-refractivity contribution in [2.45, 2.75) is 24.3 Å². The number of hydrogen-bond donors (Lipinski definition) is 1. The minimum atomic E-state index is -0.0597. The molecule has 0 spiro atoms. The number of halogens is 1. The number of para-hydroxylation sites is 1. The highest BCUT2D eigenvalue weighted by molar-refractivity contribution is 6.21. The number of fused-ring (bicyclic) bond motifs is 3. The maximum atomic E-state index is 6.60. The lowest BCUT2D eigenvalue weighted by Gasteiger charge is -2.16. The van der Waals surface area contributed by atoms with Crippen LogP contribution in [0.1, 0.15) is 23.8 Å². The fourth-order valence-corrected chi connectivity index (χ4v) is 3.42. The maximum Gasteiger partial charge on any atom is 0.0847 e. The Morgan fingerprint density at radius 2 is 1.95 bits per heavy atom. The normalized spacial score (nSPS) is 20.8. The highest BCUT2D eigenvalue weighted by Crippen LogP contribution is 2.35. The molecule has 1 aromatic heterocycles. The first-order valence-corrected chi connectivity index (χ1v) is 7.52. The van der Waals surface area contributed by atoms with Gasteiger partial charge in [0.2, 0.25) is 0 Å². The second-order valence-corrected chi connectivity index (χ2v) is 5.90. The molecule has 2 unspecified atom stereocenters. The molecule has 2 nitrogen and oxygen atoms in total. The molecule has 2 atom stereocenters. The third-order valence-electron chi connectivity index (χ3n) is 4.14. The quantitative estimate of drug-likeness (QED) is 0.674. The van der Waals surface area contributed by atoms with E-state index in [1.165, 1.54) is 16.3 Å². The number of ether oxygens (including phenoxy) is 1. The van der Waals surface area contributed by atoms with E-state index in [0.717, 1.165) is 30.5 Å². The van der Waals surface area contributed by atoms with Crippen molar-refractivity contribution in [3.63, 3.8) is 0 Å². The zero-order chi connectivity index (χ0) is 13.5. The number of nitrogens with one attached hydrogen (secondary N) is 1. The van der Waals surface area contributed by atoms with E-state index in [1.807, 2.05) is 0 Å². The lowest BCUT2D eigenvalue weighted by Crippen LogP contribution is -2.12. The summed E-state index contributed by atoms with van der Waals surface area (Å²) in [5.41, 5.74) is 3.48. The number of hydrogen-bond acceptors (Lipinski definition) is 1. The fourth-order valence-electron chi connectivity index (χ4n) is 3.09. The average Bonchev–Trinajstić information content (AvgIpc) is 3.13. The van der Waals surface area contributed by atoms with Crippen molar-refractivity contribution in [3.05, 3.63) is 48.0 Å². The number of rotatable bonds is 2. The largest absolute Gasteiger partial charge is 0.376 e. The Bertz CT molecular complexity index is 758. The van der Waals surface area contributed by atoms with E-state index < -0.39 is 0 Å². The molecule has 1 saturated heterocycles. The monoisotopic (exact) mass is 285 g/mol. The van der Waals surface area contributed by atoms with Gasteiger partial charge in [-0.1, -0.05) is 24.3 Å². The molecule has 3 heteroatoms. The number of alkyl halides is 1. The molecule has 2 heterocycles. The summed E-state index contributed by atoms with van der Waals surface area (Å²) < 4.78 is 5.71. The van der Waals surface area contributed by atoms with Gasteiger partial charge in [0.15, 0.2) is 0 Å². The molecule has 1 aliphatic heterocycles. The zero-order valence-corrected chi connectivity index (χ0v) is 11.9. The van der Waals surface area contributed by atoms with E-state index in [2.05, 4.69) is 47.4 Å². The van der Waals surface area contributed by atoms with Gasteiger partial charge < -0.3 is 9.72 Å². The first-order chi connectivity index (χ1) is 9.83. The zero-order valence-electron chi connectivity index (χ0n) is 11.1.